The van der Waals surface area contributed by atoms with E-state index in [4.69, 9.17) is 32.9 Å². The van der Waals surface area contributed by atoms with Gasteiger partial charge in [0.25, 0.3) is 5.56 Å². The van der Waals surface area contributed by atoms with Crippen molar-refractivity contribution in [2.45, 2.75) is 50.9 Å². The minimum atomic E-state index is -0.161. The Balaban J connectivity index is 1.10. The van der Waals surface area contributed by atoms with E-state index in [1.807, 2.05) is 60.7 Å². The van der Waals surface area contributed by atoms with Gasteiger partial charge in [-0.25, -0.2) is 9.97 Å². The fraction of sp³-hybridized carbons (Fsp3) is 0.289. The highest BCUT2D eigenvalue weighted by Gasteiger charge is 2.22. The zero-order valence-electron chi connectivity index (χ0n) is 28.0. The molecule has 13 heteroatoms. The maximum atomic E-state index is 13.3. The molecule has 4 N–H and O–H groups in total. The number of halogens is 2. The average Bonchev–Trinajstić information content (AvgIpc) is 3.76. The molecule has 0 unspecified atom stereocenters. The molecule has 0 radical (unpaired) electrons. The van der Waals surface area contributed by atoms with Crippen molar-refractivity contribution in [2.75, 3.05) is 20.2 Å². The standard InChI is InChI=1S/C38H37Cl2N7O4/c1-51-37-23(17-41-20-25-9-12-33(48)44-25)8-11-31(46-37)30-7-3-6-29(36(30)40)28-5-2-4-27(35(28)39)22-14-15-47-32(16-22)43-19-24(38(47)50)18-42-21-26-10-13-34(49)45-26/h2-8,11,14-16,19,25-26,41-42H,9-10,12-13,17-18,20-21H2,1H3,(H,44,48)(H,45,49)/t25-,26+/m0/s1. The Morgan fingerprint density at radius 2 is 1.41 bits per heavy atom. The van der Waals surface area contributed by atoms with Gasteiger partial charge in [-0.3, -0.25) is 18.8 Å². The predicted molar refractivity (Wildman–Crippen MR) is 198 cm³/mol. The molecule has 2 aromatic carbocycles. The number of aromatic nitrogens is 3. The summed E-state index contributed by atoms with van der Waals surface area (Å²) in [6, 6.07) is 19.3. The number of hydrogen-bond acceptors (Lipinski definition) is 8. The van der Waals surface area contributed by atoms with Crippen LogP contribution in [0.2, 0.25) is 10.0 Å². The molecule has 262 valence electrons. The van der Waals surface area contributed by atoms with Gasteiger partial charge < -0.3 is 26.0 Å². The first-order chi connectivity index (χ1) is 24.8. The number of rotatable bonds is 12. The topological polar surface area (TPSA) is 139 Å². The summed E-state index contributed by atoms with van der Waals surface area (Å²) in [4.78, 5) is 45.6. The van der Waals surface area contributed by atoms with Gasteiger partial charge in [-0.1, -0.05) is 65.7 Å². The number of nitrogens with zero attached hydrogens (tertiary/aromatic N) is 3. The van der Waals surface area contributed by atoms with E-state index in [0.717, 1.165) is 46.2 Å². The van der Waals surface area contributed by atoms with Gasteiger partial charge >= 0.3 is 0 Å². The number of nitrogens with one attached hydrogen (secondary N) is 4. The molecule has 2 amide bonds. The van der Waals surface area contributed by atoms with Gasteiger partial charge in [0, 0.05) is 96.9 Å². The largest absolute Gasteiger partial charge is 0.481 e. The summed E-state index contributed by atoms with van der Waals surface area (Å²) in [5, 5.41) is 13.5. The second kappa shape index (κ2) is 15.2. The summed E-state index contributed by atoms with van der Waals surface area (Å²) in [6.45, 7) is 2.15. The van der Waals surface area contributed by atoms with Crippen molar-refractivity contribution < 1.29 is 14.3 Å². The van der Waals surface area contributed by atoms with E-state index < -0.39 is 0 Å². The van der Waals surface area contributed by atoms with Crippen LogP contribution in [0, 0.1) is 0 Å². The summed E-state index contributed by atoms with van der Waals surface area (Å²) in [5.74, 6) is 0.642. The summed E-state index contributed by atoms with van der Waals surface area (Å²) in [6.07, 6.45) is 6.01. The van der Waals surface area contributed by atoms with Crippen LogP contribution in [0.5, 0.6) is 5.88 Å². The van der Waals surface area contributed by atoms with E-state index in [-0.39, 0.29) is 29.5 Å². The van der Waals surface area contributed by atoms with E-state index in [1.54, 1.807) is 19.5 Å². The highest BCUT2D eigenvalue weighted by Crippen LogP contribution is 2.42. The summed E-state index contributed by atoms with van der Waals surface area (Å²) >= 11 is 14.2. The normalized spacial score (nSPS) is 17.2. The molecule has 5 heterocycles. The third-order valence-corrected chi connectivity index (χ3v) is 10.2. The number of ether oxygens (including phenoxy) is 1. The molecular weight excluding hydrogens is 689 g/mol. The number of carbonyl (C=O) groups excluding carboxylic acids is 2. The predicted octanol–water partition coefficient (Wildman–Crippen LogP) is 5.14. The number of fused-ring (bicyclic) bond motifs is 1. The highest BCUT2D eigenvalue weighted by molar-refractivity contribution is 6.39. The summed E-state index contributed by atoms with van der Waals surface area (Å²) in [5.41, 5.74) is 6.21. The Morgan fingerprint density at radius 1 is 0.804 bits per heavy atom. The second-order valence-corrected chi connectivity index (χ2v) is 13.6. The van der Waals surface area contributed by atoms with Crippen molar-refractivity contribution in [3.63, 3.8) is 0 Å². The number of carbonyl (C=O) groups is 2. The summed E-state index contributed by atoms with van der Waals surface area (Å²) in [7, 11) is 1.59. The number of pyridine rings is 2. The molecule has 2 fully saturated rings. The van der Waals surface area contributed by atoms with Crippen molar-refractivity contribution in [1.29, 1.82) is 0 Å². The SMILES string of the molecule is COc1nc(-c2cccc(-c3cccc(-c4ccn5c(=O)c(CNC[C@H]6CCC(=O)N6)cnc5c4)c3Cl)c2Cl)ccc1CNC[C@@H]1CCC(=O)N1. The lowest BCUT2D eigenvalue weighted by atomic mass is 9.97. The van der Waals surface area contributed by atoms with Gasteiger partial charge in [-0.05, 0) is 36.6 Å². The average molecular weight is 727 g/mol. The molecular formula is C38H37Cl2N7O4. The van der Waals surface area contributed by atoms with Crippen LogP contribution in [-0.2, 0) is 22.7 Å². The van der Waals surface area contributed by atoms with E-state index in [9.17, 15) is 14.4 Å². The van der Waals surface area contributed by atoms with Gasteiger partial charge in [0.15, 0.2) is 0 Å². The molecule has 0 spiro atoms. The molecule has 2 atom stereocenters. The molecule has 7 rings (SSSR count). The monoisotopic (exact) mass is 725 g/mol. The molecule has 2 saturated heterocycles. The van der Waals surface area contributed by atoms with Crippen LogP contribution in [0.15, 0.2) is 77.9 Å². The van der Waals surface area contributed by atoms with Crippen molar-refractivity contribution in [3.05, 3.63) is 105 Å². The van der Waals surface area contributed by atoms with E-state index in [0.29, 0.717) is 71.9 Å². The lowest BCUT2D eigenvalue weighted by Crippen LogP contribution is -2.36. The first kappa shape index (κ1) is 34.6. The number of amides is 2. The van der Waals surface area contributed by atoms with Crippen LogP contribution in [0.1, 0.15) is 36.8 Å². The Kier molecular flexibility index (Phi) is 10.3. The first-order valence-corrected chi connectivity index (χ1v) is 17.7. The first-order valence-electron chi connectivity index (χ1n) is 16.9. The molecule has 2 aliphatic heterocycles. The maximum absolute atomic E-state index is 13.3. The third kappa shape index (κ3) is 7.48. The summed E-state index contributed by atoms with van der Waals surface area (Å²) < 4.78 is 7.16. The molecule has 0 aliphatic carbocycles. The molecule has 2 aliphatic rings. The molecule has 3 aromatic heterocycles. The number of hydrogen-bond donors (Lipinski definition) is 4. The Hall–Kier alpha value is -4.81. The smallest absolute Gasteiger partial charge is 0.262 e. The minimum Gasteiger partial charge on any atom is -0.481 e. The van der Waals surface area contributed by atoms with Gasteiger partial charge in [0.1, 0.15) is 5.65 Å². The minimum absolute atomic E-state index is 0.0607. The maximum Gasteiger partial charge on any atom is 0.262 e. The van der Waals surface area contributed by atoms with Crippen LogP contribution in [0.4, 0.5) is 0 Å². The van der Waals surface area contributed by atoms with Crippen molar-refractivity contribution >= 4 is 40.7 Å². The van der Waals surface area contributed by atoms with Crippen molar-refractivity contribution in [2.24, 2.45) is 0 Å². The zero-order valence-corrected chi connectivity index (χ0v) is 29.5. The van der Waals surface area contributed by atoms with Gasteiger partial charge in [-0.2, -0.15) is 0 Å². The molecule has 5 aromatic rings. The lowest BCUT2D eigenvalue weighted by molar-refractivity contribution is -0.120. The molecule has 0 bridgehead atoms. The van der Waals surface area contributed by atoms with Gasteiger partial charge in [0.05, 0.1) is 22.8 Å². The van der Waals surface area contributed by atoms with Crippen LogP contribution >= 0.6 is 23.2 Å². The lowest BCUT2D eigenvalue weighted by Gasteiger charge is -2.16. The fourth-order valence-electron chi connectivity index (χ4n) is 6.66. The highest BCUT2D eigenvalue weighted by atomic mass is 35.5. The van der Waals surface area contributed by atoms with Gasteiger partial charge in [0.2, 0.25) is 17.7 Å². The fourth-order valence-corrected chi connectivity index (χ4v) is 7.32. The Labute approximate surface area is 304 Å². The van der Waals surface area contributed by atoms with E-state index in [2.05, 4.69) is 26.3 Å². The Morgan fingerprint density at radius 3 is 2.04 bits per heavy atom. The quantitative estimate of drug-likeness (QED) is 0.139. The molecule has 51 heavy (non-hydrogen) atoms. The van der Waals surface area contributed by atoms with E-state index in [1.165, 1.54) is 4.40 Å². The molecule has 0 saturated carbocycles. The molecule has 11 nitrogen and oxygen atoms in total. The second-order valence-electron chi connectivity index (χ2n) is 12.8. The third-order valence-electron chi connectivity index (χ3n) is 9.37. The zero-order chi connectivity index (χ0) is 35.5. The van der Waals surface area contributed by atoms with Crippen LogP contribution in [-0.4, -0.2) is 58.5 Å². The van der Waals surface area contributed by atoms with E-state index >= 15 is 0 Å². The Bertz CT molecular complexity index is 2190. The number of benzene rings is 2. The van der Waals surface area contributed by atoms with Crippen LogP contribution in [0.3, 0.4) is 0 Å². The van der Waals surface area contributed by atoms with Crippen LogP contribution < -0.4 is 31.6 Å². The number of methoxy groups -OCH3 is 1. The van der Waals surface area contributed by atoms with Crippen molar-refractivity contribution in [3.8, 4) is 39.4 Å². The van der Waals surface area contributed by atoms with Crippen molar-refractivity contribution in [1.82, 2.24) is 35.6 Å². The van der Waals surface area contributed by atoms with Crippen LogP contribution in [0.25, 0.3) is 39.2 Å². The van der Waals surface area contributed by atoms with Gasteiger partial charge in [-0.15, -0.1) is 0 Å².